The number of carbonyl (C=O) groups excluding carboxylic acids is 3. The summed E-state index contributed by atoms with van der Waals surface area (Å²) in [5, 5.41) is 6.04. The molecule has 3 amide bonds. The topological polar surface area (TPSA) is 132 Å². The third-order valence-corrected chi connectivity index (χ3v) is 3.00. The summed E-state index contributed by atoms with van der Waals surface area (Å²) in [6.45, 7) is 0.209. The summed E-state index contributed by atoms with van der Waals surface area (Å²) in [5.41, 5.74) is 7.59. The quantitative estimate of drug-likeness (QED) is 0.234. The highest BCUT2D eigenvalue weighted by molar-refractivity contribution is 9.10. The first-order valence-electron chi connectivity index (χ1n) is 6.75. The van der Waals surface area contributed by atoms with E-state index in [4.69, 9.17) is 15.2 Å². The molecule has 0 radical (unpaired) electrons. The van der Waals surface area contributed by atoms with Gasteiger partial charge in [0, 0.05) is 23.7 Å². The van der Waals surface area contributed by atoms with Gasteiger partial charge >= 0.3 is 11.8 Å². The van der Waals surface area contributed by atoms with Crippen molar-refractivity contribution >= 4 is 39.9 Å². The number of nitrogens with one attached hydrogen (secondary N) is 2. The minimum absolute atomic E-state index is 0.212. The Bertz CT molecular complexity index is 636. The normalized spacial score (nSPS) is 10.4. The fraction of sp³-hybridized carbons (Fsp3) is 0.286. The molecule has 0 saturated heterocycles. The van der Waals surface area contributed by atoms with Crippen LogP contribution in [-0.2, 0) is 19.1 Å². The van der Waals surface area contributed by atoms with Crippen molar-refractivity contribution in [2.75, 3.05) is 26.9 Å². The number of amides is 3. The first kappa shape index (κ1) is 19.6. The van der Waals surface area contributed by atoms with Crippen LogP contribution in [0.1, 0.15) is 5.56 Å². The molecule has 0 atom stereocenters. The summed E-state index contributed by atoms with van der Waals surface area (Å²) in [7, 11) is 1.48. The molecule has 0 unspecified atom stereocenters. The summed E-state index contributed by atoms with van der Waals surface area (Å²) in [5.74, 6) is -2.03. The van der Waals surface area contributed by atoms with Gasteiger partial charge in [0.1, 0.15) is 5.75 Å². The molecule has 0 aliphatic carbocycles. The predicted octanol–water partition coefficient (Wildman–Crippen LogP) is -0.474. The van der Waals surface area contributed by atoms with Crippen molar-refractivity contribution in [2.24, 2.45) is 10.8 Å². The van der Waals surface area contributed by atoms with Crippen molar-refractivity contribution in [3.8, 4) is 5.75 Å². The highest BCUT2D eigenvalue weighted by Crippen LogP contribution is 2.21. The number of nitrogens with two attached hydrogens (primary N) is 1. The van der Waals surface area contributed by atoms with E-state index in [0.717, 1.165) is 4.47 Å². The van der Waals surface area contributed by atoms with E-state index in [9.17, 15) is 14.4 Å². The average Bonchev–Trinajstić information content (AvgIpc) is 2.53. The monoisotopic (exact) mass is 400 g/mol. The van der Waals surface area contributed by atoms with Crippen LogP contribution in [0.5, 0.6) is 5.75 Å². The van der Waals surface area contributed by atoms with Gasteiger partial charge in [0.15, 0.2) is 6.61 Å². The third kappa shape index (κ3) is 7.20. The van der Waals surface area contributed by atoms with E-state index in [0.29, 0.717) is 17.9 Å². The maximum absolute atomic E-state index is 11.5. The molecule has 1 aromatic rings. The minimum Gasteiger partial charge on any atom is -0.483 e. The molecule has 0 fully saturated rings. The van der Waals surface area contributed by atoms with E-state index in [1.165, 1.54) is 13.3 Å². The van der Waals surface area contributed by atoms with Crippen molar-refractivity contribution in [3.63, 3.8) is 0 Å². The van der Waals surface area contributed by atoms with E-state index in [1.54, 1.807) is 18.2 Å². The van der Waals surface area contributed by atoms with E-state index >= 15 is 0 Å². The highest BCUT2D eigenvalue weighted by Gasteiger charge is 2.11. The van der Waals surface area contributed by atoms with Gasteiger partial charge in [-0.2, -0.15) is 5.10 Å². The summed E-state index contributed by atoms with van der Waals surface area (Å²) in [6.07, 6.45) is 1.28. The van der Waals surface area contributed by atoms with Crippen LogP contribution in [0.2, 0.25) is 0 Å². The molecule has 0 heterocycles. The number of hydrazone groups is 1. The summed E-state index contributed by atoms with van der Waals surface area (Å²) in [6, 6.07) is 4.97. The van der Waals surface area contributed by atoms with Gasteiger partial charge in [0.05, 0.1) is 12.8 Å². The van der Waals surface area contributed by atoms with Gasteiger partial charge in [-0.25, -0.2) is 5.43 Å². The van der Waals surface area contributed by atoms with Crippen molar-refractivity contribution in [2.45, 2.75) is 0 Å². The van der Waals surface area contributed by atoms with Crippen LogP contribution < -0.4 is 21.2 Å². The highest BCUT2D eigenvalue weighted by atomic mass is 79.9. The first-order chi connectivity index (χ1) is 11.4. The molecule has 9 nitrogen and oxygen atoms in total. The number of rotatable bonds is 8. The van der Waals surface area contributed by atoms with Crippen molar-refractivity contribution < 1.29 is 23.9 Å². The molecule has 0 aliphatic rings. The molecule has 24 heavy (non-hydrogen) atoms. The number of nitrogens with zero attached hydrogens (tertiary/aromatic N) is 1. The van der Waals surface area contributed by atoms with Gasteiger partial charge < -0.3 is 20.5 Å². The van der Waals surface area contributed by atoms with Gasteiger partial charge in [-0.15, -0.1) is 0 Å². The van der Waals surface area contributed by atoms with Crippen molar-refractivity contribution in [1.82, 2.24) is 10.7 Å². The Labute approximate surface area is 146 Å². The molecule has 0 aliphatic heterocycles. The Balaban J connectivity index is 2.65. The Morgan fingerprint density at radius 3 is 2.75 bits per heavy atom. The molecule has 0 aromatic heterocycles. The van der Waals surface area contributed by atoms with Gasteiger partial charge in [0.2, 0.25) is 0 Å². The largest absolute Gasteiger partial charge is 0.483 e. The summed E-state index contributed by atoms with van der Waals surface area (Å²) < 4.78 is 10.7. The summed E-state index contributed by atoms with van der Waals surface area (Å²) in [4.78, 5) is 33.7. The Morgan fingerprint density at radius 2 is 2.08 bits per heavy atom. The number of hydrogen-bond acceptors (Lipinski definition) is 6. The molecular weight excluding hydrogens is 384 g/mol. The Hall–Kier alpha value is -2.46. The van der Waals surface area contributed by atoms with Crippen LogP contribution in [-0.4, -0.2) is 50.8 Å². The van der Waals surface area contributed by atoms with E-state index < -0.39 is 17.7 Å². The Kier molecular flexibility index (Phi) is 8.44. The second kappa shape index (κ2) is 10.3. The number of halogens is 1. The van der Waals surface area contributed by atoms with Gasteiger partial charge in [0.25, 0.3) is 5.91 Å². The van der Waals surface area contributed by atoms with Gasteiger partial charge in [-0.3, -0.25) is 14.4 Å². The van der Waals surface area contributed by atoms with Crippen LogP contribution in [0.15, 0.2) is 27.8 Å². The lowest BCUT2D eigenvalue weighted by Gasteiger charge is -2.07. The second-order valence-electron chi connectivity index (χ2n) is 4.38. The van der Waals surface area contributed by atoms with Crippen LogP contribution in [0, 0.1) is 0 Å². The molecule has 0 saturated carbocycles. The number of methoxy groups -OCH3 is 1. The zero-order chi connectivity index (χ0) is 17.9. The first-order valence-corrected chi connectivity index (χ1v) is 7.54. The Morgan fingerprint density at radius 1 is 1.33 bits per heavy atom. The molecule has 1 aromatic carbocycles. The average molecular weight is 401 g/mol. The zero-order valence-corrected chi connectivity index (χ0v) is 14.5. The van der Waals surface area contributed by atoms with Gasteiger partial charge in [-0.05, 0) is 18.2 Å². The molecule has 0 bridgehead atoms. The van der Waals surface area contributed by atoms with Crippen LogP contribution in [0.3, 0.4) is 0 Å². The minimum atomic E-state index is -0.919. The maximum Gasteiger partial charge on any atom is 0.329 e. The number of ether oxygens (including phenoxy) is 2. The lowest BCUT2D eigenvalue weighted by atomic mass is 10.2. The summed E-state index contributed by atoms with van der Waals surface area (Å²) >= 11 is 3.28. The fourth-order valence-corrected chi connectivity index (χ4v) is 1.84. The van der Waals surface area contributed by atoms with Crippen LogP contribution >= 0.6 is 15.9 Å². The zero-order valence-electron chi connectivity index (χ0n) is 12.9. The molecule has 4 N–H and O–H groups in total. The van der Waals surface area contributed by atoms with Gasteiger partial charge in [-0.1, -0.05) is 15.9 Å². The van der Waals surface area contributed by atoms with Crippen LogP contribution in [0.25, 0.3) is 0 Å². The second-order valence-corrected chi connectivity index (χ2v) is 5.30. The van der Waals surface area contributed by atoms with E-state index in [-0.39, 0.29) is 13.2 Å². The lowest BCUT2D eigenvalue weighted by Crippen LogP contribution is -2.39. The van der Waals surface area contributed by atoms with E-state index in [1.807, 2.05) is 0 Å². The predicted molar refractivity (Wildman–Crippen MR) is 89.5 cm³/mol. The number of primary amides is 1. The standard InChI is InChI=1S/C14H17BrN4O5/c1-23-5-4-17-13(21)14(22)19-18-7-9-6-10(15)2-3-11(9)24-8-12(16)20/h2-3,6-7H,4-5,8H2,1H3,(H2,16,20)(H,17,21)(H,19,22)/b18-7-. The smallest absolute Gasteiger partial charge is 0.329 e. The molecule has 130 valence electrons. The molecule has 1 rings (SSSR count). The maximum atomic E-state index is 11.5. The third-order valence-electron chi connectivity index (χ3n) is 2.51. The number of benzene rings is 1. The van der Waals surface area contributed by atoms with Crippen molar-refractivity contribution in [1.29, 1.82) is 0 Å². The molecule has 0 spiro atoms. The number of carbonyl (C=O) groups is 3. The van der Waals surface area contributed by atoms with E-state index in [2.05, 4.69) is 31.8 Å². The number of hydrogen-bond donors (Lipinski definition) is 3. The lowest BCUT2D eigenvalue weighted by molar-refractivity contribution is -0.139. The SMILES string of the molecule is COCCNC(=O)C(=O)N/N=C\c1cc(Br)ccc1OCC(N)=O. The van der Waals surface area contributed by atoms with Crippen LogP contribution in [0.4, 0.5) is 0 Å². The van der Waals surface area contributed by atoms with Crippen molar-refractivity contribution in [3.05, 3.63) is 28.2 Å². The fourth-order valence-electron chi connectivity index (χ4n) is 1.46. The molecular formula is C14H17BrN4O5. The molecule has 10 heteroatoms.